The fourth-order valence-electron chi connectivity index (χ4n) is 1.50. The highest BCUT2D eigenvalue weighted by molar-refractivity contribution is 5.81. The van der Waals surface area contributed by atoms with Crippen molar-refractivity contribution in [2.75, 3.05) is 13.2 Å². The van der Waals surface area contributed by atoms with Crippen LogP contribution in [0.4, 0.5) is 0 Å². The number of likely N-dealkylation sites (N-methyl/N-ethyl adjacent to an activating group) is 1. The van der Waals surface area contributed by atoms with Gasteiger partial charge in [0.15, 0.2) is 0 Å². The van der Waals surface area contributed by atoms with Gasteiger partial charge in [0.25, 0.3) is 0 Å². The van der Waals surface area contributed by atoms with E-state index in [4.69, 9.17) is 4.74 Å². The van der Waals surface area contributed by atoms with Gasteiger partial charge in [0.1, 0.15) is 6.10 Å². The largest absolute Gasteiger partial charge is 0.368 e. The van der Waals surface area contributed by atoms with E-state index in [1.807, 2.05) is 27.7 Å². The molecule has 1 fully saturated rings. The number of carbonyl (C=O) groups excluding carboxylic acids is 1. The van der Waals surface area contributed by atoms with Gasteiger partial charge < -0.3 is 10.1 Å². The number of rotatable bonds is 5. The van der Waals surface area contributed by atoms with Gasteiger partial charge >= 0.3 is 0 Å². The summed E-state index contributed by atoms with van der Waals surface area (Å²) >= 11 is 0. The van der Waals surface area contributed by atoms with Crippen LogP contribution in [0.1, 0.15) is 40.5 Å². The van der Waals surface area contributed by atoms with Crippen LogP contribution in [0.3, 0.4) is 0 Å². The zero-order chi connectivity index (χ0) is 11.5. The average Bonchev–Trinajstić information content (AvgIpc) is 2.86. The fraction of sp³-hybridized carbons (Fsp3) is 0.917. The van der Waals surface area contributed by atoms with Crippen molar-refractivity contribution >= 4 is 5.91 Å². The molecule has 0 heterocycles. The third-order valence-corrected chi connectivity index (χ3v) is 2.57. The molecule has 1 atom stereocenters. The molecule has 1 aliphatic carbocycles. The summed E-state index contributed by atoms with van der Waals surface area (Å²) in [6.45, 7) is 9.45. The van der Waals surface area contributed by atoms with Crippen LogP contribution in [-0.2, 0) is 9.53 Å². The van der Waals surface area contributed by atoms with E-state index in [9.17, 15) is 4.79 Å². The van der Waals surface area contributed by atoms with Crippen molar-refractivity contribution in [1.29, 1.82) is 0 Å². The normalized spacial score (nSPS) is 18.7. The van der Waals surface area contributed by atoms with Gasteiger partial charge in [-0.25, -0.2) is 0 Å². The summed E-state index contributed by atoms with van der Waals surface area (Å²) in [5, 5.41) is 2.83. The minimum atomic E-state index is -0.321. The fourth-order valence-corrected chi connectivity index (χ4v) is 1.50. The lowest BCUT2D eigenvalue weighted by Crippen LogP contribution is -2.44. The van der Waals surface area contributed by atoms with Gasteiger partial charge in [0.2, 0.25) is 5.91 Å². The van der Waals surface area contributed by atoms with E-state index in [2.05, 4.69) is 5.32 Å². The van der Waals surface area contributed by atoms with Crippen LogP contribution in [-0.4, -0.2) is 25.2 Å². The number of amides is 1. The molecule has 0 aromatic rings. The van der Waals surface area contributed by atoms with Crippen molar-refractivity contribution in [3.05, 3.63) is 0 Å². The lowest BCUT2D eigenvalue weighted by atomic mass is 9.88. The topological polar surface area (TPSA) is 38.3 Å². The minimum absolute atomic E-state index is 0.0191. The van der Waals surface area contributed by atoms with Crippen molar-refractivity contribution in [2.45, 2.75) is 46.6 Å². The summed E-state index contributed by atoms with van der Waals surface area (Å²) in [5.41, 5.74) is -0.131. The maximum absolute atomic E-state index is 11.8. The zero-order valence-electron chi connectivity index (χ0n) is 10.3. The Balaban J connectivity index is 2.47. The molecule has 0 spiro atoms. The highest BCUT2D eigenvalue weighted by atomic mass is 16.5. The van der Waals surface area contributed by atoms with E-state index in [-0.39, 0.29) is 17.4 Å². The Bertz CT molecular complexity index is 216. The van der Waals surface area contributed by atoms with Crippen LogP contribution >= 0.6 is 0 Å². The molecule has 88 valence electrons. The third-order valence-electron chi connectivity index (χ3n) is 2.57. The molecule has 1 unspecified atom stereocenters. The van der Waals surface area contributed by atoms with Crippen molar-refractivity contribution in [3.63, 3.8) is 0 Å². The summed E-state index contributed by atoms with van der Waals surface area (Å²) in [6, 6.07) is 0. The average molecular weight is 213 g/mol. The van der Waals surface area contributed by atoms with E-state index in [1.165, 1.54) is 12.8 Å². The molecule has 1 aliphatic rings. The lowest BCUT2D eigenvalue weighted by molar-refractivity contribution is -0.140. The highest BCUT2D eigenvalue weighted by Crippen LogP contribution is 2.31. The predicted octanol–water partition coefficient (Wildman–Crippen LogP) is 1.96. The summed E-state index contributed by atoms with van der Waals surface area (Å²) in [5.74, 6) is 0.718. The van der Waals surface area contributed by atoms with Crippen molar-refractivity contribution in [1.82, 2.24) is 5.32 Å². The van der Waals surface area contributed by atoms with Gasteiger partial charge in [0.05, 0.1) is 6.61 Å². The second-order valence-electron chi connectivity index (χ2n) is 5.42. The molecular formula is C12H23NO2. The first-order valence-corrected chi connectivity index (χ1v) is 5.84. The Kier molecular flexibility index (Phi) is 4.14. The predicted molar refractivity (Wildman–Crippen MR) is 60.6 cm³/mol. The van der Waals surface area contributed by atoms with Gasteiger partial charge in [-0.3, -0.25) is 4.79 Å². The number of hydrogen-bond donors (Lipinski definition) is 1. The first-order valence-electron chi connectivity index (χ1n) is 5.84. The Hall–Kier alpha value is -0.570. The zero-order valence-corrected chi connectivity index (χ0v) is 10.3. The standard InChI is InChI=1S/C12H23NO2/c1-5-13-11(14)10(12(2,3)4)15-8-9-6-7-9/h9-10H,5-8H2,1-4H3,(H,13,14). The molecule has 15 heavy (non-hydrogen) atoms. The van der Waals surface area contributed by atoms with Gasteiger partial charge in [-0.05, 0) is 31.1 Å². The van der Waals surface area contributed by atoms with E-state index in [0.29, 0.717) is 12.5 Å². The highest BCUT2D eigenvalue weighted by Gasteiger charge is 2.33. The minimum Gasteiger partial charge on any atom is -0.368 e. The van der Waals surface area contributed by atoms with Gasteiger partial charge in [-0.15, -0.1) is 0 Å². The van der Waals surface area contributed by atoms with Crippen LogP contribution < -0.4 is 5.32 Å². The molecule has 0 bridgehead atoms. The van der Waals surface area contributed by atoms with Crippen molar-refractivity contribution in [2.24, 2.45) is 11.3 Å². The molecule has 1 amide bonds. The maximum atomic E-state index is 11.8. The van der Waals surface area contributed by atoms with Crippen LogP contribution in [0.15, 0.2) is 0 Å². The van der Waals surface area contributed by atoms with Gasteiger partial charge in [-0.2, -0.15) is 0 Å². The quantitative estimate of drug-likeness (QED) is 0.758. The number of nitrogens with one attached hydrogen (secondary N) is 1. The van der Waals surface area contributed by atoms with Crippen molar-refractivity contribution in [3.8, 4) is 0 Å². The first kappa shape index (κ1) is 12.5. The molecule has 1 rings (SSSR count). The molecule has 0 radical (unpaired) electrons. The smallest absolute Gasteiger partial charge is 0.249 e. The number of carbonyl (C=O) groups is 1. The van der Waals surface area contributed by atoms with E-state index in [0.717, 1.165) is 6.61 Å². The molecular weight excluding hydrogens is 190 g/mol. The molecule has 0 saturated heterocycles. The van der Waals surface area contributed by atoms with Crippen molar-refractivity contribution < 1.29 is 9.53 Å². The Morgan fingerprint density at radius 1 is 1.47 bits per heavy atom. The summed E-state index contributed by atoms with van der Waals surface area (Å²) in [6.07, 6.45) is 2.19. The molecule has 1 saturated carbocycles. The second kappa shape index (κ2) is 4.97. The van der Waals surface area contributed by atoms with E-state index >= 15 is 0 Å². The molecule has 3 nitrogen and oxygen atoms in total. The molecule has 0 aliphatic heterocycles. The molecule has 1 N–H and O–H groups in total. The van der Waals surface area contributed by atoms with E-state index in [1.54, 1.807) is 0 Å². The van der Waals surface area contributed by atoms with Gasteiger partial charge in [0, 0.05) is 6.54 Å². The van der Waals surface area contributed by atoms with Gasteiger partial charge in [-0.1, -0.05) is 20.8 Å². The molecule has 0 aromatic heterocycles. The Morgan fingerprint density at radius 2 is 2.07 bits per heavy atom. The van der Waals surface area contributed by atoms with Crippen LogP contribution in [0.25, 0.3) is 0 Å². The monoisotopic (exact) mass is 213 g/mol. The Labute approximate surface area is 92.6 Å². The summed E-state index contributed by atoms with van der Waals surface area (Å²) < 4.78 is 5.73. The maximum Gasteiger partial charge on any atom is 0.249 e. The van der Waals surface area contributed by atoms with Crippen LogP contribution in [0, 0.1) is 11.3 Å². The number of ether oxygens (including phenoxy) is 1. The number of hydrogen-bond acceptors (Lipinski definition) is 2. The third kappa shape index (κ3) is 4.20. The molecule has 3 heteroatoms. The lowest BCUT2D eigenvalue weighted by Gasteiger charge is -2.29. The SMILES string of the molecule is CCNC(=O)C(OCC1CC1)C(C)(C)C. The first-order chi connectivity index (χ1) is 6.95. The van der Waals surface area contributed by atoms with Crippen LogP contribution in [0.5, 0.6) is 0 Å². The summed E-state index contributed by atoms with van der Waals surface area (Å²) in [4.78, 5) is 11.8. The Morgan fingerprint density at radius 3 is 2.47 bits per heavy atom. The molecule has 0 aromatic carbocycles. The van der Waals surface area contributed by atoms with Crippen LogP contribution in [0.2, 0.25) is 0 Å². The second-order valence-corrected chi connectivity index (χ2v) is 5.42. The van der Waals surface area contributed by atoms with E-state index < -0.39 is 0 Å². The summed E-state index contributed by atoms with van der Waals surface area (Å²) in [7, 11) is 0.